The third kappa shape index (κ3) is 3.12. The molecule has 3 aromatic heterocycles. The number of nitrogens with zero attached hydrogens (tertiary/aromatic N) is 4. The molecule has 128 valence electrons. The highest BCUT2D eigenvalue weighted by Gasteiger charge is 2.14. The molecule has 0 aliphatic carbocycles. The number of hydrogen-bond donors (Lipinski definition) is 2. The van der Waals surface area contributed by atoms with E-state index in [1.807, 2.05) is 36.4 Å². The van der Waals surface area contributed by atoms with E-state index in [4.69, 9.17) is 5.73 Å². The third-order valence-corrected chi connectivity index (χ3v) is 5.28. The molecule has 0 unspecified atom stereocenters. The molecular weight excluding hydrogens is 344 g/mol. The van der Waals surface area contributed by atoms with Crippen LogP contribution in [0.3, 0.4) is 0 Å². The molecule has 7 heteroatoms. The topological polar surface area (TPSA) is 89.1 Å². The minimum absolute atomic E-state index is 0.685. The summed E-state index contributed by atoms with van der Waals surface area (Å²) < 4.78 is 0.972. The van der Waals surface area contributed by atoms with Gasteiger partial charge in [-0.2, -0.15) is 5.10 Å². The second kappa shape index (κ2) is 6.89. The molecule has 3 heterocycles. The summed E-state index contributed by atoms with van der Waals surface area (Å²) in [6.45, 7) is 2.07. The molecule has 0 amide bonds. The van der Waals surface area contributed by atoms with Crippen molar-refractivity contribution in [3.05, 3.63) is 66.2 Å². The normalized spacial score (nSPS) is 11.3. The number of hydrogen-bond acceptors (Lipinski definition) is 7. The minimum atomic E-state index is 0.685. The number of nitrogens with two attached hydrogens (primary N) is 1. The zero-order valence-corrected chi connectivity index (χ0v) is 14.9. The standard InChI is InChI=1S/C19H16N6S/c1-12-16-18(26-17(12)14-4-6-15(20)7-5-14)19(23-11-22-16)25-24-10-13-3-2-8-21-9-13/h2-11H,20H2,1H3,(H,22,23,25). The largest absolute Gasteiger partial charge is 0.399 e. The van der Waals surface area contributed by atoms with Crippen molar-refractivity contribution in [3.8, 4) is 10.4 Å². The Kier molecular flexibility index (Phi) is 4.28. The van der Waals surface area contributed by atoms with E-state index < -0.39 is 0 Å². The Labute approximate surface area is 154 Å². The van der Waals surface area contributed by atoms with Crippen LogP contribution in [0.5, 0.6) is 0 Å². The van der Waals surface area contributed by atoms with Gasteiger partial charge in [-0.1, -0.05) is 18.2 Å². The predicted octanol–water partition coefficient (Wildman–Crippen LogP) is 4.09. The van der Waals surface area contributed by atoms with E-state index in [1.165, 1.54) is 0 Å². The highest BCUT2D eigenvalue weighted by Crippen LogP contribution is 2.39. The van der Waals surface area contributed by atoms with Crippen LogP contribution in [0.1, 0.15) is 11.1 Å². The first kappa shape index (κ1) is 16.2. The number of aromatic nitrogens is 3. The van der Waals surface area contributed by atoms with Crippen molar-refractivity contribution in [1.29, 1.82) is 0 Å². The number of anilines is 2. The van der Waals surface area contributed by atoms with E-state index in [-0.39, 0.29) is 0 Å². The first-order valence-electron chi connectivity index (χ1n) is 8.01. The summed E-state index contributed by atoms with van der Waals surface area (Å²) in [6, 6.07) is 11.7. The van der Waals surface area contributed by atoms with Crippen molar-refractivity contribution in [1.82, 2.24) is 15.0 Å². The molecular formula is C19H16N6S. The molecule has 0 spiro atoms. The minimum Gasteiger partial charge on any atom is -0.399 e. The maximum atomic E-state index is 5.80. The van der Waals surface area contributed by atoms with Crippen LogP contribution in [0, 0.1) is 6.92 Å². The number of hydrazone groups is 1. The molecule has 4 rings (SSSR count). The lowest BCUT2D eigenvalue weighted by molar-refractivity contribution is 1.18. The van der Waals surface area contributed by atoms with E-state index in [1.54, 1.807) is 36.3 Å². The van der Waals surface area contributed by atoms with Crippen LogP contribution in [0.4, 0.5) is 11.5 Å². The van der Waals surface area contributed by atoms with Crippen LogP contribution in [-0.4, -0.2) is 21.2 Å². The Bertz CT molecular complexity index is 1070. The Morgan fingerprint density at radius 3 is 2.77 bits per heavy atom. The summed E-state index contributed by atoms with van der Waals surface area (Å²) in [7, 11) is 0. The van der Waals surface area contributed by atoms with Crippen LogP contribution < -0.4 is 11.2 Å². The summed E-state index contributed by atoms with van der Waals surface area (Å²) in [5.74, 6) is 0.685. The molecule has 0 saturated carbocycles. The summed E-state index contributed by atoms with van der Waals surface area (Å²) >= 11 is 1.64. The number of aryl methyl sites for hydroxylation is 1. The number of fused-ring (bicyclic) bond motifs is 1. The van der Waals surface area contributed by atoms with Gasteiger partial charge in [-0.15, -0.1) is 11.3 Å². The second-order valence-electron chi connectivity index (χ2n) is 5.73. The highest BCUT2D eigenvalue weighted by molar-refractivity contribution is 7.23. The van der Waals surface area contributed by atoms with Gasteiger partial charge in [-0.3, -0.25) is 10.4 Å². The highest BCUT2D eigenvalue weighted by atomic mass is 32.1. The molecule has 0 aliphatic heterocycles. The van der Waals surface area contributed by atoms with Crippen LogP contribution in [-0.2, 0) is 0 Å². The maximum Gasteiger partial charge on any atom is 0.167 e. The maximum absolute atomic E-state index is 5.80. The van der Waals surface area contributed by atoms with Crippen LogP contribution in [0.15, 0.2) is 60.2 Å². The smallest absolute Gasteiger partial charge is 0.167 e. The Hall–Kier alpha value is -3.32. The molecule has 3 N–H and O–H groups in total. The number of benzene rings is 1. The van der Waals surface area contributed by atoms with E-state index in [2.05, 4.69) is 32.4 Å². The van der Waals surface area contributed by atoms with E-state index in [0.29, 0.717) is 5.82 Å². The first-order chi connectivity index (χ1) is 12.7. The van der Waals surface area contributed by atoms with Crippen LogP contribution in [0.2, 0.25) is 0 Å². The number of thiophene rings is 1. The van der Waals surface area contributed by atoms with Crippen molar-refractivity contribution in [2.45, 2.75) is 6.92 Å². The fraction of sp³-hybridized carbons (Fsp3) is 0.0526. The van der Waals surface area contributed by atoms with Crippen LogP contribution in [0.25, 0.3) is 20.7 Å². The molecule has 0 radical (unpaired) electrons. The zero-order chi connectivity index (χ0) is 17.9. The molecule has 0 atom stereocenters. The Morgan fingerprint density at radius 2 is 2.00 bits per heavy atom. The summed E-state index contributed by atoms with van der Waals surface area (Å²) in [5, 5.41) is 4.27. The van der Waals surface area contributed by atoms with Crippen molar-refractivity contribution in [3.63, 3.8) is 0 Å². The Balaban J connectivity index is 1.69. The second-order valence-corrected chi connectivity index (χ2v) is 6.76. The number of pyridine rings is 1. The van der Waals surface area contributed by atoms with Gasteiger partial charge in [-0.05, 0) is 36.2 Å². The monoisotopic (exact) mass is 360 g/mol. The summed E-state index contributed by atoms with van der Waals surface area (Å²) in [6.07, 6.45) is 6.74. The Morgan fingerprint density at radius 1 is 1.15 bits per heavy atom. The molecule has 0 saturated heterocycles. The van der Waals surface area contributed by atoms with Gasteiger partial charge in [0.25, 0.3) is 0 Å². The van der Waals surface area contributed by atoms with Crippen molar-refractivity contribution in [2.24, 2.45) is 5.10 Å². The number of nitrogens with one attached hydrogen (secondary N) is 1. The molecule has 0 bridgehead atoms. The summed E-state index contributed by atoms with van der Waals surface area (Å²) in [4.78, 5) is 14.0. The quantitative estimate of drug-likeness (QED) is 0.325. The average molecular weight is 360 g/mol. The molecule has 0 aliphatic rings. The van der Waals surface area contributed by atoms with Gasteiger partial charge in [0.05, 0.1) is 16.4 Å². The van der Waals surface area contributed by atoms with Gasteiger partial charge >= 0.3 is 0 Å². The van der Waals surface area contributed by atoms with Crippen molar-refractivity contribution in [2.75, 3.05) is 11.2 Å². The average Bonchev–Trinajstić information content (AvgIpc) is 3.01. The zero-order valence-electron chi connectivity index (χ0n) is 14.0. The molecule has 1 aromatic carbocycles. The number of nitrogen functional groups attached to an aromatic ring is 1. The fourth-order valence-electron chi connectivity index (χ4n) is 2.63. The molecule has 4 aromatic rings. The molecule has 6 nitrogen and oxygen atoms in total. The molecule has 26 heavy (non-hydrogen) atoms. The SMILES string of the molecule is Cc1c(-c2ccc(N)cc2)sc2c(NN=Cc3cccnc3)ncnc12. The van der Waals surface area contributed by atoms with Gasteiger partial charge in [0.15, 0.2) is 5.82 Å². The lowest BCUT2D eigenvalue weighted by Gasteiger charge is -2.00. The van der Waals surface area contributed by atoms with Gasteiger partial charge in [0.1, 0.15) is 6.33 Å². The molecule has 0 fully saturated rings. The van der Waals surface area contributed by atoms with Crippen LogP contribution >= 0.6 is 11.3 Å². The van der Waals surface area contributed by atoms with Crippen molar-refractivity contribution < 1.29 is 0 Å². The van der Waals surface area contributed by atoms with E-state index >= 15 is 0 Å². The lowest BCUT2D eigenvalue weighted by Crippen LogP contribution is -1.94. The lowest BCUT2D eigenvalue weighted by atomic mass is 10.1. The van der Waals surface area contributed by atoms with Gasteiger partial charge in [0.2, 0.25) is 0 Å². The van der Waals surface area contributed by atoms with Gasteiger partial charge in [-0.25, -0.2) is 9.97 Å². The first-order valence-corrected chi connectivity index (χ1v) is 8.83. The number of rotatable bonds is 4. The van der Waals surface area contributed by atoms with Crippen molar-refractivity contribution >= 4 is 39.3 Å². The third-order valence-electron chi connectivity index (χ3n) is 3.95. The van der Waals surface area contributed by atoms with Gasteiger partial charge < -0.3 is 5.73 Å². The van der Waals surface area contributed by atoms with E-state index in [9.17, 15) is 0 Å². The van der Waals surface area contributed by atoms with Gasteiger partial charge in [0, 0.05) is 28.5 Å². The summed E-state index contributed by atoms with van der Waals surface area (Å²) in [5.41, 5.74) is 13.6. The fourth-order valence-corrected chi connectivity index (χ4v) is 3.84. The van der Waals surface area contributed by atoms with E-state index in [0.717, 1.165) is 37.5 Å². The predicted molar refractivity (Wildman–Crippen MR) is 107 cm³/mol.